The fourth-order valence-corrected chi connectivity index (χ4v) is 5.37. The minimum atomic E-state index is 0.0127. The van der Waals surface area contributed by atoms with Crippen LogP contribution in [-0.4, -0.2) is 42.2 Å². The Morgan fingerprint density at radius 1 is 1.17 bits per heavy atom. The van der Waals surface area contributed by atoms with Crippen LogP contribution in [0.25, 0.3) is 11.1 Å². The van der Waals surface area contributed by atoms with Gasteiger partial charge in [0.2, 0.25) is 5.91 Å². The normalized spacial score (nSPS) is 24.9. The van der Waals surface area contributed by atoms with Crippen molar-refractivity contribution >= 4 is 11.6 Å². The maximum absolute atomic E-state index is 13.1. The van der Waals surface area contributed by atoms with Crippen molar-refractivity contribution in [3.05, 3.63) is 53.6 Å². The van der Waals surface area contributed by atoms with Crippen molar-refractivity contribution < 1.29 is 9.90 Å². The van der Waals surface area contributed by atoms with Crippen molar-refractivity contribution in [2.45, 2.75) is 37.8 Å². The molecule has 2 aromatic rings. The van der Waals surface area contributed by atoms with E-state index in [1.807, 2.05) is 31.3 Å². The first-order valence-corrected chi connectivity index (χ1v) is 10.9. The zero-order chi connectivity index (χ0) is 20.8. The highest BCUT2D eigenvalue weighted by Crippen LogP contribution is 2.50. The summed E-state index contributed by atoms with van der Waals surface area (Å²) in [5.41, 5.74) is 4.95. The first kappa shape index (κ1) is 19.1. The monoisotopic (exact) mass is 401 g/mol. The van der Waals surface area contributed by atoms with Gasteiger partial charge in [-0.3, -0.25) is 4.79 Å². The van der Waals surface area contributed by atoms with Crippen molar-refractivity contribution in [3.8, 4) is 17.2 Å². The van der Waals surface area contributed by atoms with Gasteiger partial charge in [0.05, 0.1) is 30.3 Å². The number of nitrogens with zero attached hydrogens (tertiary/aromatic N) is 3. The third-order valence-corrected chi connectivity index (χ3v) is 7.16. The van der Waals surface area contributed by atoms with E-state index >= 15 is 0 Å². The van der Waals surface area contributed by atoms with Crippen LogP contribution in [-0.2, 0) is 4.79 Å². The number of hydrogen-bond acceptors (Lipinski definition) is 4. The zero-order valence-electron chi connectivity index (χ0n) is 17.3. The molecule has 1 saturated heterocycles. The predicted octanol–water partition coefficient (Wildman–Crippen LogP) is 3.73. The molecular weight excluding hydrogens is 374 g/mol. The van der Waals surface area contributed by atoms with Crippen molar-refractivity contribution in [3.63, 3.8) is 0 Å². The van der Waals surface area contributed by atoms with Crippen LogP contribution in [0.5, 0.6) is 0 Å². The van der Waals surface area contributed by atoms with Crippen LogP contribution in [0.2, 0.25) is 0 Å². The molecule has 5 heteroatoms. The summed E-state index contributed by atoms with van der Waals surface area (Å²) in [6.45, 7) is 0.854. The van der Waals surface area contributed by atoms with Gasteiger partial charge in [-0.1, -0.05) is 18.2 Å². The molecule has 154 valence electrons. The Morgan fingerprint density at radius 3 is 2.70 bits per heavy atom. The number of amides is 1. The number of carbonyl (C=O) groups is 1. The van der Waals surface area contributed by atoms with Gasteiger partial charge in [-0.15, -0.1) is 0 Å². The second kappa shape index (κ2) is 7.45. The van der Waals surface area contributed by atoms with E-state index in [0.29, 0.717) is 17.9 Å². The van der Waals surface area contributed by atoms with Crippen LogP contribution < -0.4 is 4.90 Å². The van der Waals surface area contributed by atoms with E-state index in [4.69, 9.17) is 0 Å². The summed E-state index contributed by atoms with van der Waals surface area (Å²) < 4.78 is 0. The topological polar surface area (TPSA) is 67.6 Å². The van der Waals surface area contributed by atoms with Gasteiger partial charge in [-0.25, -0.2) is 0 Å². The molecule has 5 nitrogen and oxygen atoms in total. The molecule has 0 unspecified atom stereocenters. The first-order chi connectivity index (χ1) is 14.6. The van der Waals surface area contributed by atoms with Gasteiger partial charge in [0, 0.05) is 31.6 Å². The van der Waals surface area contributed by atoms with Crippen molar-refractivity contribution in [2.75, 3.05) is 25.1 Å². The number of fused-ring (bicyclic) bond motifs is 3. The minimum Gasteiger partial charge on any atom is -0.394 e. The first-order valence-electron chi connectivity index (χ1n) is 10.9. The summed E-state index contributed by atoms with van der Waals surface area (Å²) in [5, 5.41) is 19.4. The summed E-state index contributed by atoms with van der Waals surface area (Å²) in [4.78, 5) is 17.3. The quantitative estimate of drug-likeness (QED) is 0.848. The van der Waals surface area contributed by atoms with Gasteiger partial charge >= 0.3 is 0 Å². The summed E-state index contributed by atoms with van der Waals surface area (Å²) in [6, 6.07) is 16.3. The maximum Gasteiger partial charge on any atom is 0.223 e. The van der Waals surface area contributed by atoms with E-state index in [9.17, 15) is 15.2 Å². The third kappa shape index (κ3) is 3.16. The van der Waals surface area contributed by atoms with Crippen molar-refractivity contribution in [2.24, 2.45) is 11.8 Å². The smallest absolute Gasteiger partial charge is 0.223 e. The average Bonchev–Trinajstić information content (AvgIpc) is 3.48. The molecule has 0 bridgehead atoms. The molecule has 2 aliphatic heterocycles. The average molecular weight is 402 g/mol. The number of benzene rings is 2. The van der Waals surface area contributed by atoms with Gasteiger partial charge in [-0.2, -0.15) is 5.26 Å². The van der Waals surface area contributed by atoms with Crippen LogP contribution in [0.15, 0.2) is 42.5 Å². The number of aliphatic hydroxyl groups is 1. The highest BCUT2D eigenvalue weighted by molar-refractivity contribution is 5.79. The molecule has 0 aromatic heterocycles. The minimum absolute atomic E-state index is 0.0127. The molecule has 3 aliphatic rings. The van der Waals surface area contributed by atoms with Crippen LogP contribution >= 0.6 is 0 Å². The molecule has 1 N–H and O–H groups in total. The van der Waals surface area contributed by atoms with Gasteiger partial charge in [0.25, 0.3) is 0 Å². The number of hydrogen-bond donors (Lipinski definition) is 1. The van der Waals surface area contributed by atoms with Gasteiger partial charge in [0.1, 0.15) is 0 Å². The Hall–Kier alpha value is -2.84. The summed E-state index contributed by atoms with van der Waals surface area (Å²) >= 11 is 0. The van der Waals surface area contributed by atoms with Crippen LogP contribution in [0, 0.1) is 23.2 Å². The van der Waals surface area contributed by atoms with Gasteiger partial charge in [0.15, 0.2) is 0 Å². The number of nitriles is 1. The lowest BCUT2D eigenvalue weighted by Gasteiger charge is -2.44. The molecule has 30 heavy (non-hydrogen) atoms. The summed E-state index contributed by atoms with van der Waals surface area (Å²) in [7, 11) is 2.04. The number of anilines is 1. The lowest BCUT2D eigenvalue weighted by molar-refractivity contribution is -0.133. The highest BCUT2D eigenvalue weighted by Gasteiger charge is 2.48. The van der Waals surface area contributed by atoms with Crippen molar-refractivity contribution in [1.82, 2.24) is 4.90 Å². The largest absolute Gasteiger partial charge is 0.394 e. The predicted molar refractivity (Wildman–Crippen MR) is 116 cm³/mol. The van der Waals surface area contributed by atoms with Crippen LogP contribution in [0.3, 0.4) is 0 Å². The molecule has 2 heterocycles. The second-order valence-electron chi connectivity index (χ2n) is 8.96. The Labute approximate surface area is 177 Å². The Kier molecular flexibility index (Phi) is 4.75. The van der Waals surface area contributed by atoms with Crippen LogP contribution in [0.1, 0.15) is 42.9 Å². The summed E-state index contributed by atoms with van der Waals surface area (Å²) in [6.07, 6.45) is 3.92. The van der Waals surface area contributed by atoms with E-state index in [1.54, 1.807) is 0 Å². The lowest BCUT2D eigenvalue weighted by Crippen LogP contribution is -2.48. The molecule has 0 radical (unpaired) electrons. The molecule has 2 aromatic carbocycles. The fourth-order valence-electron chi connectivity index (χ4n) is 5.37. The number of rotatable bonds is 4. The second-order valence-corrected chi connectivity index (χ2v) is 8.96. The summed E-state index contributed by atoms with van der Waals surface area (Å²) in [5.74, 6) is 1.06. The Balaban J connectivity index is 1.57. The third-order valence-electron chi connectivity index (χ3n) is 7.16. The van der Waals surface area contributed by atoms with Crippen molar-refractivity contribution in [1.29, 1.82) is 5.26 Å². The standard InChI is InChI=1S/C25H27N3O2/c1-27-22-8-7-19(18-4-2-3-17(11-18)14-26)13-21(22)25-20(23(27)15-29)9-10-28(25)24(30)12-16-5-6-16/h2-4,7-8,11,13,16,20,23,25,29H,5-6,9-10,12,15H2,1H3/t20-,23-,25-/m0/s1. The molecule has 2 fully saturated rings. The van der Waals surface area contributed by atoms with E-state index in [0.717, 1.165) is 35.3 Å². The maximum atomic E-state index is 13.1. The Bertz CT molecular complexity index is 1020. The van der Waals surface area contributed by atoms with Gasteiger partial charge in [-0.05, 0) is 66.1 Å². The SMILES string of the molecule is CN1c2ccc(-c3cccc(C#N)c3)cc2[C@@H]2[C@@H](CCN2C(=O)CC2CC2)[C@@H]1CO. The number of carbonyl (C=O) groups excluding carboxylic acids is 1. The number of likely N-dealkylation sites (tertiary alicyclic amines) is 1. The van der Waals surface area contributed by atoms with E-state index in [1.165, 1.54) is 12.8 Å². The van der Waals surface area contributed by atoms with E-state index in [2.05, 4.69) is 34.1 Å². The number of aliphatic hydroxyl groups excluding tert-OH is 1. The highest BCUT2D eigenvalue weighted by atomic mass is 16.3. The lowest BCUT2D eigenvalue weighted by atomic mass is 9.81. The van der Waals surface area contributed by atoms with E-state index in [-0.39, 0.29) is 30.5 Å². The fraction of sp³-hybridized carbons (Fsp3) is 0.440. The van der Waals surface area contributed by atoms with Crippen LogP contribution in [0.4, 0.5) is 5.69 Å². The molecule has 1 aliphatic carbocycles. The molecule has 0 spiro atoms. The molecule has 3 atom stereocenters. The van der Waals surface area contributed by atoms with E-state index < -0.39 is 0 Å². The Morgan fingerprint density at radius 2 is 1.97 bits per heavy atom. The molecule has 1 saturated carbocycles. The van der Waals surface area contributed by atoms with Gasteiger partial charge < -0.3 is 14.9 Å². The number of likely N-dealkylation sites (N-methyl/N-ethyl adjacent to an activating group) is 1. The molecule has 1 amide bonds. The molecule has 5 rings (SSSR count). The molecular formula is C25H27N3O2. The zero-order valence-corrected chi connectivity index (χ0v) is 17.3.